The molecule has 0 aliphatic heterocycles. The molecule has 0 aromatic carbocycles. The van der Waals surface area contributed by atoms with E-state index in [0.717, 1.165) is 0 Å². The van der Waals surface area contributed by atoms with Crippen molar-refractivity contribution in [2.45, 2.75) is 38.6 Å². The molecule has 0 saturated heterocycles. The van der Waals surface area contributed by atoms with Crippen LogP contribution in [0.25, 0.3) is 0 Å². The highest BCUT2D eigenvalue weighted by atomic mass is 79.9. The summed E-state index contributed by atoms with van der Waals surface area (Å²) in [7, 11) is 2.06. The molecule has 0 amide bonds. The SMILES string of the molecule is CNC(c1cc2c(s1)CCCC2)c1sc(C)cc1Br. The molecule has 4 heteroatoms. The smallest absolute Gasteiger partial charge is 0.0774 e. The van der Waals surface area contributed by atoms with Crippen LogP contribution in [0.5, 0.6) is 0 Å². The van der Waals surface area contributed by atoms with E-state index < -0.39 is 0 Å². The molecule has 19 heavy (non-hydrogen) atoms. The second-order valence-electron chi connectivity index (χ2n) is 5.10. The van der Waals surface area contributed by atoms with E-state index in [9.17, 15) is 0 Å². The van der Waals surface area contributed by atoms with Crippen molar-refractivity contribution in [3.8, 4) is 0 Å². The Bertz CT molecular complexity index is 561. The third-order valence-corrected chi connectivity index (χ3v) is 7.02. The summed E-state index contributed by atoms with van der Waals surface area (Å²) in [6, 6.07) is 4.99. The molecule has 0 fully saturated rings. The minimum absolute atomic E-state index is 0.337. The molecule has 2 heterocycles. The first kappa shape index (κ1) is 13.8. The molecule has 3 rings (SSSR count). The van der Waals surface area contributed by atoms with Crippen molar-refractivity contribution in [3.63, 3.8) is 0 Å². The molecule has 1 unspecified atom stereocenters. The van der Waals surface area contributed by atoms with Crippen LogP contribution in [0, 0.1) is 6.92 Å². The molecule has 1 atom stereocenters. The normalized spacial score (nSPS) is 16.4. The number of fused-ring (bicyclic) bond motifs is 1. The van der Waals surface area contributed by atoms with Gasteiger partial charge in [-0.15, -0.1) is 22.7 Å². The van der Waals surface area contributed by atoms with Crippen LogP contribution in [0.1, 0.15) is 44.0 Å². The molecule has 0 spiro atoms. The largest absolute Gasteiger partial charge is 0.308 e. The van der Waals surface area contributed by atoms with Gasteiger partial charge in [-0.2, -0.15) is 0 Å². The fraction of sp³-hybridized carbons (Fsp3) is 0.467. The Morgan fingerprint density at radius 3 is 2.63 bits per heavy atom. The highest BCUT2D eigenvalue weighted by Crippen LogP contribution is 2.40. The molecule has 0 radical (unpaired) electrons. The summed E-state index contributed by atoms with van der Waals surface area (Å²) >= 11 is 7.59. The zero-order chi connectivity index (χ0) is 13.4. The van der Waals surface area contributed by atoms with Gasteiger partial charge in [0.1, 0.15) is 0 Å². The van der Waals surface area contributed by atoms with Crippen LogP contribution in [0.15, 0.2) is 16.6 Å². The summed E-state index contributed by atoms with van der Waals surface area (Å²) in [5, 5.41) is 3.49. The Morgan fingerprint density at radius 1 is 1.21 bits per heavy atom. The van der Waals surface area contributed by atoms with E-state index in [2.05, 4.69) is 47.4 Å². The Balaban J connectivity index is 1.98. The van der Waals surface area contributed by atoms with Crippen LogP contribution in [-0.2, 0) is 12.8 Å². The summed E-state index contributed by atoms with van der Waals surface area (Å²) in [6.45, 7) is 2.17. The van der Waals surface area contributed by atoms with Crippen molar-refractivity contribution in [1.29, 1.82) is 0 Å². The molecule has 1 N–H and O–H groups in total. The van der Waals surface area contributed by atoms with Gasteiger partial charge in [-0.1, -0.05) is 0 Å². The first-order valence-corrected chi connectivity index (χ1v) is 9.16. The number of hydrogen-bond acceptors (Lipinski definition) is 3. The number of aryl methyl sites for hydroxylation is 3. The first-order chi connectivity index (χ1) is 9.19. The molecule has 0 saturated carbocycles. The number of nitrogens with one attached hydrogen (secondary N) is 1. The van der Waals surface area contributed by atoms with Gasteiger partial charge in [-0.05, 0) is 73.3 Å². The monoisotopic (exact) mass is 355 g/mol. The molecular weight excluding hydrogens is 338 g/mol. The van der Waals surface area contributed by atoms with Crippen molar-refractivity contribution in [2.75, 3.05) is 7.05 Å². The third kappa shape index (κ3) is 2.68. The summed E-state index contributed by atoms with van der Waals surface area (Å²) in [4.78, 5) is 5.85. The fourth-order valence-corrected chi connectivity index (χ4v) is 6.22. The summed E-state index contributed by atoms with van der Waals surface area (Å²) in [6.07, 6.45) is 5.27. The van der Waals surface area contributed by atoms with Crippen molar-refractivity contribution < 1.29 is 0 Å². The maximum absolute atomic E-state index is 3.70. The van der Waals surface area contributed by atoms with Gasteiger partial charge in [0.25, 0.3) is 0 Å². The topological polar surface area (TPSA) is 12.0 Å². The Hall–Kier alpha value is -0.160. The molecule has 1 nitrogen and oxygen atoms in total. The van der Waals surface area contributed by atoms with Gasteiger partial charge in [0.05, 0.1) is 6.04 Å². The van der Waals surface area contributed by atoms with Gasteiger partial charge in [0.15, 0.2) is 0 Å². The van der Waals surface area contributed by atoms with E-state index in [4.69, 9.17) is 0 Å². The fourth-order valence-electron chi connectivity index (χ4n) is 2.76. The van der Waals surface area contributed by atoms with E-state index in [1.165, 1.54) is 44.8 Å². The van der Waals surface area contributed by atoms with Crippen molar-refractivity contribution in [1.82, 2.24) is 5.32 Å². The van der Waals surface area contributed by atoms with Crippen LogP contribution >= 0.6 is 38.6 Å². The second kappa shape index (κ2) is 5.68. The Morgan fingerprint density at radius 2 is 2.00 bits per heavy atom. The lowest BCUT2D eigenvalue weighted by molar-refractivity contribution is 0.693. The van der Waals surface area contributed by atoms with Crippen molar-refractivity contribution in [3.05, 3.63) is 41.7 Å². The highest BCUT2D eigenvalue weighted by Gasteiger charge is 2.22. The van der Waals surface area contributed by atoms with E-state index in [1.54, 1.807) is 10.4 Å². The Labute approximate surface area is 131 Å². The van der Waals surface area contributed by atoms with Crippen LogP contribution in [-0.4, -0.2) is 7.05 Å². The second-order valence-corrected chi connectivity index (χ2v) is 8.41. The van der Waals surface area contributed by atoms with Crippen molar-refractivity contribution >= 4 is 38.6 Å². The predicted octanol–water partition coefficient (Wildman–Crippen LogP) is 5.07. The van der Waals surface area contributed by atoms with Gasteiger partial charge >= 0.3 is 0 Å². The summed E-state index contributed by atoms with van der Waals surface area (Å²) < 4.78 is 1.24. The quantitative estimate of drug-likeness (QED) is 0.810. The minimum Gasteiger partial charge on any atom is -0.308 e. The third-order valence-electron chi connectivity index (χ3n) is 3.69. The predicted molar refractivity (Wildman–Crippen MR) is 88.6 cm³/mol. The number of hydrogen-bond donors (Lipinski definition) is 1. The molecule has 2 aromatic heterocycles. The van der Waals surface area contributed by atoms with Crippen LogP contribution in [0.2, 0.25) is 0 Å². The van der Waals surface area contributed by atoms with Gasteiger partial charge < -0.3 is 5.32 Å². The molecule has 1 aliphatic rings. The lowest BCUT2D eigenvalue weighted by Gasteiger charge is -2.13. The summed E-state index contributed by atoms with van der Waals surface area (Å²) in [5.74, 6) is 0. The molecule has 0 bridgehead atoms. The maximum atomic E-state index is 3.70. The number of thiophene rings is 2. The zero-order valence-corrected chi connectivity index (χ0v) is 14.5. The molecule has 102 valence electrons. The molecular formula is C15H18BrNS2. The first-order valence-electron chi connectivity index (χ1n) is 6.73. The minimum atomic E-state index is 0.337. The van der Waals surface area contributed by atoms with E-state index in [0.29, 0.717) is 6.04 Å². The van der Waals surface area contributed by atoms with Gasteiger partial charge in [-0.25, -0.2) is 0 Å². The molecule has 1 aliphatic carbocycles. The standard InChI is InChI=1S/C15H18BrNS2/c1-9-7-11(16)15(18-9)14(17-2)13-8-10-5-3-4-6-12(10)19-13/h7-8,14,17H,3-6H2,1-2H3. The van der Waals surface area contributed by atoms with Gasteiger partial charge in [-0.3, -0.25) is 0 Å². The Kier molecular flexibility index (Phi) is 4.13. The summed E-state index contributed by atoms with van der Waals surface area (Å²) in [5.41, 5.74) is 1.59. The number of rotatable bonds is 3. The van der Waals surface area contributed by atoms with Crippen molar-refractivity contribution in [2.24, 2.45) is 0 Å². The van der Waals surface area contributed by atoms with Crippen LogP contribution in [0.4, 0.5) is 0 Å². The van der Waals surface area contributed by atoms with E-state index in [1.807, 2.05) is 22.7 Å². The van der Waals surface area contributed by atoms with E-state index >= 15 is 0 Å². The number of halogens is 1. The average Bonchev–Trinajstić information content (AvgIpc) is 2.94. The van der Waals surface area contributed by atoms with Crippen LogP contribution in [0.3, 0.4) is 0 Å². The van der Waals surface area contributed by atoms with Crippen LogP contribution < -0.4 is 5.32 Å². The van der Waals surface area contributed by atoms with E-state index in [-0.39, 0.29) is 0 Å². The lowest BCUT2D eigenvalue weighted by atomic mass is 9.98. The van der Waals surface area contributed by atoms with Gasteiger partial charge in [0.2, 0.25) is 0 Å². The maximum Gasteiger partial charge on any atom is 0.0774 e. The lowest BCUT2D eigenvalue weighted by Crippen LogP contribution is -2.15. The highest BCUT2D eigenvalue weighted by molar-refractivity contribution is 9.10. The zero-order valence-electron chi connectivity index (χ0n) is 11.3. The molecule has 2 aromatic rings. The van der Waals surface area contributed by atoms with Gasteiger partial charge in [0, 0.05) is 24.0 Å². The average molecular weight is 356 g/mol.